The molecule has 0 bridgehead atoms. The summed E-state index contributed by atoms with van der Waals surface area (Å²) in [4.78, 5) is 24.4. The van der Waals surface area contributed by atoms with Gasteiger partial charge in [0.2, 0.25) is 0 Å². The first-order chi connectivity index (χ1) is 13.5. The van der Waals surface area contributed by atoms with Gasteiger partial charge >= 0.3 is 5.97 Å². The fourth-order valence-electron chi connectivity index (χ4n) is 3.06. The van der Waals surface area contributed by atoms with Gasteiger partial charge in [0.05, 0.1) is 5.56 Å². The Labute approximate surface area is 174 Å². The van der Waals surface area contributed by atoms with Crippen LogP contribution in [0.4, 0.5) is 5.69 Å². The van der Waals surface area contributed by atoms with Crippen molar-refractivity contribution in [2.75, 3.05) is 5.32 Å². The molecule has 0 spiro atoms. The maximum absolute atomic E-state index is 12.2. The van der Waals surface area contributed by atoms with Gasteiger partial charge in [-0.15, -0.1) is 0 Å². The molecule has 3 rings (SSSR count). The number of ether oxygens (including phenoxy) is 1. The minimum atomic E-state index is -0.354. The van der Waals surface area contributed by atoms with Crippen LogP contribution in [0.3, 0.4) is 0 Å². The van der Waals surface area contributed by atoms with Crippen molar-refractivity contribution >= 4 is 46.5 Å². The Morgan fingerprint density at radius 2 is 1.71 bits per heavy atom. The van der Waals surface area contributed by atoms with Gasteiger partial charge in [-0.25, -0.2) is 4.79 Å². The van der Waals surface area contributed by atoms with Crippen LogP contribution in [0.2, 0.25) is 5.02 Å². The number of nitrogens with one attached hydrogen (secondary N) is 2. The molecule has 0 saturated heterocycles. The fourth-order valence-corrected chi connectivity index (χ4v) is 3.46. The second kappa shape index (κ2) is 9.66. The summed E-state index contributed by atoms with van der Waals surface area (Å²) in [7, 11) is 0. The van der Waals surface area contributed by atoms with Crippen LogP contribution < -0.4 is 10.6 Å². The molecule has 2 N–H and O–H groups in total. The summed E-state index contributed by atoms with van der Waals surface area (Å²) in [6, 6.07) is 13.4. The van der Waals surface area contributed by atoms with E-state index in [0.717, 1.165) is 25.7 Å². The second-order valence-electron chi connectivity index (χ2n) is 6.66. The van der Waals surface area contributed by atoms with Crippen LogP contribution >= 0.6 is 23.8 Å². The van der Waals surface area contributed by atoms with Crippen LogP contribution in [0.15, 0.2) is 48.5 Å². The SMILES string of the molecule is O=C(NC(=S)Nc1ccc(C(=O)OC2CCCCC2)cc1)c1cccc(Cl)c1. The highest BCUT2D eigenvalue weighted by Gasteiger charge is 2.18. The number of halogens is 1. The largest absolute Gasteiger partial charge is 0.459 e. The molecule has 2 aromatic carbocycles. The van der Waals surface area contributed by atoms with Crippen molar-refractivity contribution in [1.29, 1.82) is 0 Å². The van der Waals surface area contributed by atoms with Crippen LogP contribution in [0.25, 0.3) is 0 Å². The Kier molecular flexibility index (Phi) is 7.01. The molecule has 1 amide bonds. The van der Waals surface area contributed by atoms with E-state index < -0.39 is 0 Å². The number of amides is 1. The number of esters is 1. The summed E-state index contributed by atoms with van der Waals surface area (Å²) in [6.07, 6.45) is 5.33. The Hall–Kier alpha value is -2.44. The van der Waals surface area contributed by atoms with E-state index >= 15 is 0 Å². The van der Waals surface area contributed by atoms with Crippen molar-refractivity contribution in [1.82, 2.24) is 5.32 Å². The van der Waals surface area contributed by atoms with E-state index in [1.54, 1.807) is 48.5 Å². The predicted octanol–water partition coefficient (Wildman–Crippen LogP) is 4.96. The zero-order valence-electron chi connectivity index (χ0n) is 15.2. The van der Waals surface area contributed by atoms with Crippen molar-refractivity contribution in [2.45, 2.75) is 38.2 Å². The first-order valence-corrected chi connectivity index (χ1v) is 9.99. The lowest BCUT2D eigenvalue weighted by atomic mass is 9.98. The third kappa shape index (κ3) is 5.78. The summed E-state index contributed by atoms with van der Waals surface area (Å²) in [5.74, 6) is -0.664. The van der Waals surface area contributed by atoms with Crippen molar-refractivity contribution in [3.05, 3.63) is 64.7 Å². The molecular weight excluding hydrogens is 396 g/mol. The van der Waals surface area contributed by atoms with Gasteiger partial charge in [-0.05, 0) is 80.4 Å². The Balaban J connectivity index is 1.52. The van der Waals surface area contributed by atoms with Crippen molar-refractivity contribution in [3.8, 4) is 0 Å². The Morgan fingerprint density at radius 3 is 2.39 bits per heavy atom. The molecule has 0 aromatic heterocycles. The fraction of sp³-hybridized carbons (Fsp3) is 0.286. The van der Waals surface area contributed by atoms with Crippen molar-refractivity contribution < 1.29 is 14.3 Å². The van der Waals surface area contributed by atoms with Crippen LogP contribution in [0.5, 0.6) is 0 Å². The number of anilines is 1. The smallest absolute Gasteiger partial charge is 0.338 e. The lowest BCUT2D eigenvalue weighted by Crippen LogP contribution is -2.34. The molecule has 0 atom stereocenters. The number of rotatable bonds is 4. The molecular formula is C21H21ClN2O3S. The molecule has 0 heterocycles. The highest BCUT2D eigenvalue weighted by atomic mass is 35.5. The van der Waals surface area contributed by atoms with Crippen LogP contribution in [0.1, 0.15) is 52.8 Å². The van der Waals surface area contributed by atoms with Gasteiger partial charge in [0.25, 0.3) is 5.91 Å². The summed E-state index contributed by atoms with van der Waals surface area (Å²) >= 11 is 11.1. The lowest BCUT2D eigenvalue weighted by molar-refractivity contribution is 0.0211. The van der Waals surface area contributed by atoms with Crippen molar-refractivity contribution in [3.63, 3.8) is 0 Å². The minimum Gasteiger partial charge on any atom is -0.459 e. The molecule has 1 fully saturated rings. The number of thiocarbonyl (C=S) groups is 1. The topological polar surface area (TPSA) is 67.4 Å². The normalized spacial score (nSPS) is 14.2. The number of benzene rings is 2. The van der Waals surface area contributed by atoms with Crippen molar-refractivity contribution in [2.24, 2.45) is 0 Å². The zero-order chi connectivity index (χ0) is 19.9. The van der Waals surface area contributed by atoms with Gasteiger partial charge in [-0.2, -0.15) is 0 Å². The average molecular weight is 417 g/mol. The van der Waals surface area contributed by atoms with Gasteiger partial charge in [0.15, 0.2) is 5.11 Å². The quantitative estimate of drug-likeness (QED) is 0.544. The first-order valence-electron chi connectivity index (χ1n) is 9.20. The van der Waals surface area contributed by atoms with Crippen LogP contribution in [-0.2, 0) is 4.74 Å². The molecule has 0 radical (unpaired) electrons. The van der Waals surface area contributed by atoms with Crippen LogP contribution in [0, 0.1) is 0 Å². The van der Waals surface area contributed by atoms with E-state index in [4.69, 9.17) is 28.6 Å². The highest BCUT2D eigenvalue weighted by molar-refractivity contribution is 7.80. The number of carbonyl (C=O) groups is 2. The third-order valence-electron chi connectivity index (χ3n) is 4.52. The lowest BCUT2D eigenvalue weighted by Gasteiger charge is -2.21. The molecule has 0 unspecified atom stereocenters. The van der Waals surface area contributed by atoms with Gasteiger partial charge in [-0.1, -0.05) is 24.1 Å². The molecule has 1 aliphatic carbocycles. The Bertz CT molecular complexity index is 864. The highest BCUT2D eigenvalue weighted by Crippen LogP contribution is 2.22. The first kappa shape index (κ1) is 20.3. The molecule has 7 heteroatoms. The number of hydrogen-bond donors (Lipinski definition) is 2. The predicted molar refractivity (Wildman–Crippen MR) is 114 cm³/mol. The molecule has 5 nitrogen and oxygen atoms in total. The molecule has 1 aliphatic rings. The standard InChI is InChI=1S/C21H21ClN2O3S/c22-16-6-4-5-15(13-16)19(25)24-21(28)23-17-11-9-14(10-12-17)20(26)27-18-7-2-1-3-8-18/h4-6,9-13,18H,1-3,7-8H2,(H2,23,24,25,28). The maximum atomic E-state index is 12.2. The maximum Gasteiger partial charge on any atom is 0.338 e. The summed E-state index contributed by atoms with van der Waals surface area (Å²) in [5.41, 5.74) is 1.56. The zero-order valence-corrected chi connectivity index (χ0v) is 16.8. The van der Waals surface area contributed by atoms with Gasteiger partial charge in [0, 0.05) is 16.3 Å². The summed E-state index contributed by atoms with van der Waals surface area (Å²) in [5, 5.41) is 6.14. The monoisotopic (exact) mass is 416 g/mol. The van der Waals surface area contributed by atoms with E-state index in [0.29, 0.717) is 21.8 Å². The molecule has 28 heavy (non-hydrogen) atoms. The second-order valence-corrected chi connectivity index (χ2v) is 7.51. The van der Waals surface area contributed by atoms with Crippen LogP contribution in [-0.4, -0.2) is 23.1 Å². The summed E-state index contributed by atoms with van der Waals surface area (Å²) in [6.45, 7) is 0. The summed E-state index contributed by atoms with van der Waals surface area (Å²) < 4.78 is 5.56. The van der Waals surface area contributed by atoms with E-state index in [-0.39, 0.29) is 23.1 Å². The van der Waals surface area contributed by atoms with E-state index in [1.165, 1.54) is 6.42 Å². The van der Waals surface area contributed by atoms with E-state index in [9.17, 15) is 9.59 Å². The number of hydrogen-bond acceptors (Lipinski definition) is 4. The molecule has 1 saturated carbocycles. The van der Waals surface area contributed by atoms with Gasteiger partial charge < -0.3 is 10.1 Å². The Morgan fingerprint density at radius 1 is 1.00 bits per heavy atom. The minimum absolute atomic E-state index is 0.0216. The van der Waals surface area contributed by atoms with Gasteiger partial charge in [-0.3, -0.25) is 10.1 Å². The molecule has 2 aromatic rings. The molecule has 146 valence electrons. The van der Waals surface area contributed by atoms with Gasteiger partial charge in [0.1, 0.15) is 6.10 Å². The average Bonchev–Trinajstić information content (AvgIpc) is 2.69. The molecule has 0 aliphatic heterocycles. The number of carbonyl (C=O) groups excluding carboxylic acids is 2. The van der Waals surface area contributed by atoms with E-state index in [1.807, 2.05) is 0 Å². The van der Waals surface area contributed by atoms with E-state index in [2.05, 4.69) is 10.6 Å². The third-order valence-corrected chi connectivity index (χ3v) is 4.96.